The number of hydrogen-bond donors (Lipinski definition) is 1. The maximum Gasteiger partial charge on any atom is 0.0774 e. The van der Waals surface area contributed by atoms with E-state index >= 15 is 0 Å². The minimum absolute atomic E-state index is 0.150. The van der Waals surface area contributed by atoms with Gasteiger partial charge in [-0.1, -0.05) is 6.07 Å². The van der Waals surface area contributed by atoms with Gasteiger partial charge in [0.05, 0.1) is 6.61 Å². The van der Waals surface area contributed by atoms with Crippen molar-refractivity contribution in [3.8, 4) is 0 Å². The zero-order chi connectivity index (χ0) is 10.3. The second kappa shape index (κ2) is 3.37. The first-order valence-electron chi connectivity index (χ1n) is 4.73. The maximum atomic E-state index is 9.08. The van der Waals surface area contributed by atoms with Gasteiger partial charge in [0.1, 0.15) is 0 Å². The van der Waals surface area contributed by atoms with Crippen molar-refractivity contribution >= 4 is 21.4 Å². The van der Waals surface area contributed by atoms with E-state index in [1.54, 1.807) is 11.3 Å². The van der Waals surface area contributed by atoms with E-state index in [1.165, 1.54) is 26.8 Å². The summed E-state index contributed by atoms with van der Waals surface area (Å²) >= 11 is 1.70. The first-order chi connectivity index (χ1) is 6.63. The van der Waals surface area contributed by atoms with Crippen molar-refractivity contribution in [3.63, 3.8) is 0 Å². The molecule has 0 atom stereocenters. The molecule has 1 N–H and O–H groups in total. The van der Waals surface area contributed by atoms with Crippen LogP contribution in [0.1, 0.15) is 21.6 Å². The molecule has 0 unspecified atom stereocenters. The third-order valence-electron chi connectivity index (χ3n) is 2.83. The highest BCUT2D eigenvalue weighted by Gasteiger charge is 2.07. The van der Waals surface area contributed by atoms with Crippen LogP contribution in [0.3, 0.4) is 0 Å². The van der Waals surface area contributed by atoms with Crippen molar-refractivity contribution in [2.45, 2.75) is 27.4 Å². The van der Waals surface area contributed by atoms with Gasteiger partial charge in [-0.25, -0.2) is 0 Å². The van der Waals surface area contributed by atoms with E-state index in [0.717, 1.165) is 4.88 Å². The maximum absolute atomic E-state index is 9.08. The molecule has 2 heteroatoms. The summed E-state index contributed by atoms with van der Waals surface area (Å²) in [5, 5.41) is 10.3. The SMILES string of the molecule is Cc1cc2cc(CO)sc2c(C)c1C. The van der Waals surface area contributed by atoms with E-state index in [2.05, 4.69) is 32.9 Å². The average molecular weight is 206 g/mol. The van der Waals surface area contributed by atoms with Gasteiger partial charge in [-0.2, -0.15) is 0 Å². The monoisotopic (exact) mass is 206 g/mol. The van der Waals surface area contributed by atoms with Crippen LogP contribution in [0.4, 0.5) is 0 Å². The summed E-state index contributed by atoms with van der Waals surface area (Å²) in [5.41, 5.74) is 4.05. The molecule has 1 heterocycles. The van der Waals surface area contributed by atoms with E-state index in [0.29, 0.717) is 0 Å². The number of rotatable bonds is 1. The van der Waals surface area contributed by atoms with E-state index in [-0.39, 0.29) is 6.61 Å². The highest BCUT2D eigenvalue weighted by molar-refractivity contribution is 7.19. The normalized spacial score (nSPS) is 11.1. The lowest BCUT2D eigenvalue weighted by Gasteiger charge is -2.04. The molecule has 0 fully saturated rings. The van der Waals surface area contributed by atoms with Gasteiger partial charge in [0.25, 0.3) is 0 Å². The van der Waals surface area contributed by atoms with Crippen molar-refractivity contribution in [1.82, 2.24) is 0 Å². The molecule has 1 nitrogen and oxygen atoms in total. The van der Waals surface area contributed by atoms with Gasteiger partial charge in [0.15, 0.2) is 0 Å². The van der Waals surface area contributed by atoms with Crippen LogP contribution in [-0.2, 0) is 6.61 Å². The summed E-state index contributed by atoms with van der Waals surface area (Å²) in [4.78, 5) is 1.05. The molecule has 2 aromatic rings. The minimum Gasteiger partial charge on any atom is -0.391 e. The zero-order valence-electron chi connectivity index (χ0n) is 8.72. The second-order valence-electron chi connectivity index (χ2n) is 3.73. The Labute approximate surface area is 88.0 Å². The lowest BCUT2D eigenvalue weighted by molar-refractivity contribution is 0.285. The minimum atomic E-state index is 0.150. The van der Waals surface area contributed by atoms with Gasteiger partial charge in [-0.05, 0) is 48.9 Å². The van der Waals surface area contributed by atoms with Gasteiger partial charge in [0.2, 0.25) is 0 Å². The zero-order valence-corrected chi connectivity index (χ0v) is 9.53. The molecule has 0 aliphatic carbocycles. The van der Waals surface area contributed by atoms with Gasteiger partial charge < -0.3 is 5.11 Å². The first-order valence-corrected chi connectivity index (χ1v) is 5.55. The number of thiophene rings is 1. The summed E-state index contributed by atoms with van der Waals surface area (Å²) < 4.78 is 1.32. The Morgan fingerprint density at radius 2 is 1.86 bits per heavy atom. The van der Waals surface area contributed by atoms with Crippen LogP contribution in [-0.4, -0.2) is 5.11 Å². The predicted octanol–water partition coefficient (Wildman–Crippen LogP) is 3.32. The van der Waals surface area contributed by atoms with Crippen LogP contribution in [0.15, 0.2) is 12.1 Å². The molecule has 2 rings (SSSR count). The molecule has 0 amide bonds. The number of hydrogen-bond acceptors (Lipinski definition) is 2. The highest BCUT2D eigenvalue weighted by Crippen LogP contribution is 2.31. The topological polar surface area (TPSA) is 20.2 Å². The van der Waals surface area contributed by atoms with Crippen molar-refractivity contribution in [2.75, 3.05) is 0 Å². The molecule has 0 saturated heterocycles. The largest absolute Gasteiger partial charge is 0.391 e. The van der Waals surface area contributed by atoms with E-state index in [4.69, 9.17) is 5.11 Å². The Bertz CT molecular complexity index is 483. The van der Waals surface area contributed by atoms with Crippen LogP contribution in [0.25, 0.3) is 10.1 Å². The standard InChI is InChI=1S/C12H14OS/c1-7-4-10-5-11(6-13)14-12(10)9(3)8(7)2/h4-5,13H,6H2,1-3H3. The molecule has 0 bridgehead atoms. The quantitative estimate of drug-likeness (QED) is 0.759. The van der Waals surface area contributed by atoms with Crippen LogP contribution >= 0.6 is 11.3 Å². The van der Waals surface area contributed by atoms with Crippen LogP contribution in [0.5, 0.6) is 0 Å². The molecule has 1 aromatic carbocycles. The highest BCUT2D eigenvalue weighted by atomic mass is 32.1. The first kappa shape index (κ1) is 9.69. The Morgan fingerprint density at radius 1 is 1.14 bits per heavy atom. The summed E-state index contributed by atoms with van der Waals surface area (Å²) in [7, 11) is 0. The summed E-state index contributed by atoms with van der Waals surface area (Å²) in [6, 6.07) is 4.28. The van der Waals surface area contributed by atoms with Crippen molar-refractivity contribution in [2.24, 2.45) is 0 Å². The Morgan fingerprint density at radius 3 is 2.50 bits per heavy atom. The lowest BCUT2D eigenvalue weighted by Crippen LogP contribution is -1.85. The van der Waals surface area contributed by atoms with Gasteiger partial charge in [0, 0.05) is 9.58 Å². The molecule has 0 saturated carbocycles. The average Bonchev–Trinajstić information content (AvgIpc) is 2.57. The fraction of sp³-hybridized carbons (Fsp3) is 0.333. The van der Waals surface area contributed by atoms with Crippen LogP contribution < -0.4 is 0 Å². The Balaban J connectivity index is 2.81. The molecule has 74 valence electrons. The number of aliphatic hydroxyl groups is 1. The predicted molar refractivity (Wildman–Crippen MR) is 62.0 cm³/mol. The summed E-state index contributed by atoms with van der Waals surface area (Å²) in [6.07, 6.45) is 0. The summed E-state index contributed by atoms with van der Waals surface area (Å²) in [6.45, 7) is 6.60. The molecule has 0 spiro atoms. The third kappa shape index (κ3) is 1.35. The number of benzene rings is 1. The van der Waals surface area contributed by atoms with Crippen molar-refractivity contribution < 1.29 is 5.11 Å². The molecule has 14 heavy (non-hydrogen) atoms. The van der Waals surface area contributed by atoms with Crippen LogP contribution in [0.2, 0.25) is 0 Å². The van der Waals surface area contributed by atoms with Crippen molar-refractivity contribution in [1.29, 1.82) is 0 Å². The van der Waals surface area contributed by atoms with Gasteiger partial charge in [-0.3, -0.25) is 0 Å². The fourth-order valence-electron chi connectivity index (χ4n) is 1.74. The van der Waals surface area contributed by atoms with E-state index in [1.807, 2.05) is 0 Å². The number of fused-ring (bicyclic) bond motifs is 1. The van der Waals surface area contributed by atoms with Crippen molar-refractivity contribution in [3.05, 3.63) is 33.7 Å². The molecule has 0 radical (unpaired) electrons. The van der Waals surface area contributed by atoms with Crippen LogP contribution in [0, 0.1) is 20.8 Å². The molecule has 1 aromatic heterocycles. The smallest absolute Gasteiger partial charge is 0.0774 e. The van der Waals surface area contributed by atoms with Gasteiger partial charge in [-0.15, -0.1) is 11.3 Å². The second-order valence-corrected chi connectivity index (χ2v) is 4.87. The number of aryl methyl sites for hydroxylation is 2. The molecule has 0 aliphatic heterocycles. The molecular weight excluding hydrogens is 192 g/mol. The number of aliphatic hydroxyl groups excluding tert-OH is 1. The Kier molecular flexibility index (Phi) is 2.33. The third-order valence-corrected chi connectivity index (χ3v) is 4.09. The molecular formula is C12H14OS. The van der Waals surface area contributed by atoms with Gasteiger partial charge >= 0.3 is 0 Å². The van der Waals surface area contributed by atoms with E-state index in [9.17, 15) is 0 Å². The van der Waals surface area contributed by atoms with E-state index < -0.39 is 0 Å². The fourth-order valence-corrected chi connectivity index (χ4v) is 2.80. The summed E-state index contributed by atoms with van der Waals surface area (Å²) in [5.74, 6) is 0. The lowest BCUT2D eigenvalue weighted by atomic mass is 10.0. The Hall–Kier alpha value is -0.860. The molecule has 0 aliphatic rings.